The van der Waals surface area contributed by atoms with E-state index in [2.05, 4.69) is 10.6 Å². The van der Waals surface area contributed by atoms with Crippen LogP contribution < -0.4 is 15.4 Å². The number of benzene rings is 1. The molecule has 0 radical (unpaired) electrons. The quantitative estimate of drug-likeness (QED) is 0.867. The molecular formula is C15H21N3O2. The Kier molecular flexibility index (Phi) is 3.78. The van der Waals surface area contributed by atoms with E-state index in [1.165, 1.54) is 12.8 Å². The number of ether oxygens (including phenoxy) is 1. The molecule has 2 atom stereocenters. The highest BCUT2D eigenvalue weighted by atomic mass is 16.5. The van der Waals surface area contributed by atoms with Crippen molar-refractivity contribution in [1.29, 1.82) is 0 Å². The van der Waals surface area contributed by atoms with Crippen LogP contribution in [-0.2, 0) is 0 Å². The van der Waals surface area contributed by atoms with Gasteiger partial charge in [-0.3, -0.25) is 0 Å². The lowest BCUT2D eigenvalue weighted by atomic mass is 9.94. The van der Waals surface area contributed by atoms with E-state index in [-0.39, 0.29) is 6.03 Å². The lowest BCUT2D eigenvalue weighted by Gasteiger charge is -2.24. The number of fused-ring (bicyclic) bond motifs is 1. The van der Waals surface area contributed by atoms with E-state index in [1.807, 2.05) is 29.2 Å². The van der Waals surface area contributed by atoms with E-state index < -0.39 is 0 Å². The van der Waals surface area contributed by atoms with Gasteiger partial charge in [0.2, 0.25) is 0 Å². The molecule has 5 heteroatoms. The van der Waals surface area contributed by atoms with Gasteiger partial charge in [-0.1, -0.05) is 6.07 Å². The molecule has 5 nitrogen and oxygen atoms in total. The van der Waals surface area contributed by atoms with Gasteiger partial charge in [-0.2, -0.15) is 0 Å². The third-order valence-corrected chi connectivity index (χ3v) is 4.21. The third-order valence-electron chi connectivity index (χ3n) is 4.21. The number of methoxy groups -OCH3 is 1. The van der Waals surface area contributed by atoms with Crippen molar-refractivity contribution in [3.05, 3.63) is 24.3 Å². The first-order valence-corrected chi connectivity index (χ1v) is 7.19. The lowest BCUT2D eigenvalue weighted by Crippen LogP contribution is -2.41. The molecule has 2 unspecified atom stereocenters. The fraction of sp³-hybridized carbons (Fsp3) is 0.533. The predicted molar refractivity (Wildman–Crippen MR) is 78.1 cm³/mol. The molecule has 0 bridgehead atoms. The van der Waals surface area contributed by atoms with Gasteiger partial charge in [0.15, 0.2) is 0 Å². The molecule has 2 aliphatic heterocycles. The van der Waals surface area contributed by atoms with Gasteiger partial charge in [-0.25, -0.2) is 4.79 Å². The summed E-state index contributed by atoms with van der Waals surface area (Å²) in [6.07, 6.45) is 2.44. The molecule has 0 saturated carbocycles. The summed E-state index contributed by atoms with van der Waals surface area (Å²) in [5.74, 6) is 1.36. The lowest BCUT2D eigenvalue weighted by molar-refractivity contribution is 0.220. The highest BCUT2D eigenvalue weighted by Crippen LogP contribution is 2.25. The largest absolute Gasteiger partial charge is 0.497 e. The van der Waals surface area contributed by atoms with E-state index in [9.17, 15) is 4.79 Å². The zero-order valence-corrected chi connectivity index (χ0v) is 11.8. The van der Waals surface area contributed by atoms with Crippen molar-refractivity contribution in [2.45, 2.75) is 18.9 Å². The number of piperidine rings is 1. The minimum absolute atomic E-state index is 0.0190. The molecular weight excluding hydrogens is 254 g/mol. The van der Waals surface area contributed by atoms with Crippen LogP contribution in [0, 0.1) is 5.92 Å². The van der Waals surface area contributed by atoms with Crippen molar-refractivity contribution in [3.63, 3.8) is 0 Å². The maximum Gasteiger partial charge on any atom is 0.321 e. The summed E-state index contributed by atoms with van der Waals surface area (Å²) in [5, 5.41) is 6.45. The van der Waals surface area contributed by atoms with Crippen LogP contribution in [0.5, 0.6) is 5.75 Å². The first-order chi connectivity index (χ1) is 9.76. The maximum atomic E-state index is 12.3. The van der Waals surface area contributed by atoms with E-state index in [0.717, 1.165) is 31.1 Å². The number of hydrogen-bond donors (Lipinski definition) is 2. The molecule has 1 aromatic carbocycles. The zero-order chi connectivity index (χ0) is 13.9. The SMILES string of the molecule is COc1cccc(NC(=O)N2CC3CCCNC3C2)c1. The second-order valence-electron chi connectivity index (χ2n) is 5.53. The topological polar surface area (TPSA) is 53.6 Å². The number of hydrogen-bond acceptors (Lipinski definition) is 3. The van der Waals surface area contributed by atoms with Gasteiger partial charge < -0.3 is 20.3 Å². The summed E-state index contributed by atoms with van der Waals surface area (Å²) in [6, 6.07) is 7.90. The van der Waals surface area contributed by atoms with Crippen molar-refractivity contribution < 1.29 is 9.53 Å². The van der Waals surface area contributed by atoms with E-state index >= 15 is 0 Å². The molecule has 1 aromatic rings. The van der Waals surface area contributed by atoms with Gasteiger partial charge >= 0.3 is 6.03 Å². The molecule has 20 heavy (non-hydrogen) atoms. The Morgan fingerprint density at radius 1 is 1.45 bits per heavy atom. The summed E-state index contributed by atoms with van der Waals surface area (Å²) in [6.45, 7) is 2.74. The number of anilines is 1. The minimum atomic E-state index is -0.0190. The normalized spacial score (nSPS) is 25.1. The Balaban J connectivity index is 1.61. The van der Waals surface area contributed by atoms with Crippen molar-refractivity contribution >= 4 is 11.7 Å². The van der Waals surface area contributed by atoms with Gasteiger partial charge in [-0.15, -0.1) is 0 Å². The first-order valence-electron chi connectivity index (χ1n) is 7.19. The average Bonchev–Trinajstić information content (AvgIpc) is 2.91. The fourth-order valence-corrected chi connectivity index (χ4v) is 3.12. The molecule has 0 aliphatic carbocycles. The molecule has 3 rings (SSSR count). The van der Waals surface area contributed by atoms with Gasteiger partial charge in [-0.05, 0) is 37.4 Å². The molecule has 2 fully saturated rings. The summed E-state index contributed by atoms with van der Waals surface area (Å²) in [4.78, 5) is 14.2. The number of amides is 2. The van der Waals surface area contributed by atoms with Crippen molar-refractivity contribution in [3.8, 4) is 5.75 Å². The average molecular weight is 275 g/mol. The number of nitrogens with zero attached hydrogens (tertiary/aromatic N) is 1. The molecule has 0 aromatic heterocycles. The Morgan fingerprint density at radius 3 is 3.15 bits per heavy atom. The number of nitrogens with one attached hydrogen (secondary N) is 2. The van der Waals surface area contributed by atoms with Crippen LogP contribution in [0.2, 0.25) is 0 Å². The number of carbonyl (C=O) groups is 1. The Labute approximate surface area is 119 Å². The van der Waals surface area contributed by atoms with Crippen LogP contribution in [-0.4, -0.2) is 43.7 Å². The summed E-state index contributed by atoms with van der Waals surface area (Å²) >= 11 is 0. The van der Waals surface area contributed by atoms with Gasteiger partial charge in [0, 0.05) is 30.9 Å². The highest BCUT2D eigenvalue weighted by molar-refractivity contribution is 5.89. The molecule has 0 spiro atoms. The van der Waals surface area contributed by atoms with Crippen LogP contribution in [0.1, 0.15) is 12.8 Å². The standard InChI is InChI=1S/C15H21N3O2/c1-20-13-6-2-5-12(8-13)17-15(19)18-9-11-4-3-7-16-14(11)10-18/h2,5-6,8,11,14,16H,3-4,7,9-10H2,1H3,(H,17,19). The smallest absolute Gasteiger partial charge is 0.321 e. The predicted octanol–water partition coefficient (Wildman–Crippen LogP) is 1.91. The van der Waals surface area contributed by atoms with Crippen LogP contribution in [0.25, 0.3) is 0 Å². The summed E-state index contributed by atoms with van der Waals surface area (Å²) in [5.41, 5.74) is 0.775. The van der Waals surface area contributed by atoms with E-state index in [1.54, 1.807) is 7.11 Å². The number of likely N-dealkylation sites (tertiary alicyclic amines) is 1. The zero-order valence-electron chi connectivity index (χ0n) is 11.8. The molecule has 108 valence electrons. The van der Waals surface area contributed by atoms with Crippen molar-refractivity contribution in [2.75, 3.05) is 32.1 Å². The molecule has 2 saturated heterocycles. The second-order valence-corrected chi connectivity index (χ2v) is 5.53. The second kappa shape index (κ2) is 5.71. The maximum absolute atomic E-state index is 12.3. The first kappa shape index (κ1) is 13.2. The highest BCUT2D eigenvalue weighted by Gasteiger charge is 2.36. The molecule has 2 amide bonds. The summed E-state index contributed by atoms with van der Waals surface area (Å²) in [7, 11) is 1.62. The Hall–Kier alpha value is -1.75. The monoisotopic (exact) mass is 275 g/mol. The third kappa shape index (κ3) is 2.72. The van der Waals surface area contributed by atoms with E-state index in [4.69, 9.17) is 4.74 Å². The summed E-state index contributed by atoms with van der Waals surface area (Å²) < 4.78 is 5.16. The van der Waals surface area contributed by atoms with Gasteiger partial charge in [0.1, 0.15) is 5.75 Å². The van der Waals surface area contributed by atoms with Gasteiger partial charge in [0.25, 0.3) is 0 Å². The number of carbonyl (C=O) groups excluding carboxylic acids is 1. The Bertz CT molecular complexity index is 478. The van der Waals surface area contributed by atoms with Crippen LogP contribution >= 0.6 is 0 Å². The molecule has 2 aliphatic rings. The van der Waals surface area contributed by atoms with Gasteiger partial charge in [0.05, 0.1) is 7.11 Å². The fourth-order valence-electron chi connectivity index (χ4n) is 3.12. The minimum Gasteiger partial charge on any atom is -0.497 e. The van der Waals surface area contributed by atoms with Crippen LogP contribution in [0.3, 0.4) is 0 Å². The number of urea groups is 1. The van der Waals surface area contributed by atoms with Crippen LogP contribution in [0.15, 0.2) is 24.3 Å². The number of rotatable bonds is 2. The molecule has 2 heterocycles. The van der Waals surface area contributed by atoms with Crippen molar-refractivity contribution in [2.24, 2.45) is 5.92 Å². The Morgan fingerprint density at radius 2 is 2.35 bits per heavy atom. The molecule has 2 N–H and O–H groups in total. The van der Waals surface area contributed by atoms with Crippen molar-refractivity contribution in [1.82, 2.24) is 10.2 Å². The van der Waals surface area contributed by atoms with E-state index in [0.29, 0.717) is 12.0 Å². The van der Waals surface area contributed by atoms with Crippen LogP contribution in [0.4, 0.5) is 10.5 Å².